The highest BCUT2D eigenvalue weighted by Crippen LogP contribution is 2.24. The molecule has 1 saturated heterocycles. The van der Waals surface area contributed by atoms with Crippen LogP contribution < -0.4 is 4.74 Å². The molecule has 7 heteroatoms. The summed E-state index contributed by atoms with van der Waals surface area (Å²) in [5.41, 5.74) is 5.44. The lowest BCUT2D eigenvalue weighted by Gasteiger charge is -2.32. The number of carbonyl (C=O) groups is 1. The van der Waals surface area contributed by atoms with Gasteiger partial charge in [-0.25, -0.2) is 4.98 Å². The van der Waals surface area contributed by atoms with Crippen LogP contribution in [0.4, 0.5) is 0 Å². The van der Waals surface area contributed by atoms with Crippen molar-refractivity contribution in [2.45, 2.75) is 19.4 Å². The molecule has 1 atom stereocenters. The number of nitrogens with zero attached hydrogens (tertiary/aromatic N) is 3. The van der Waals surface area contributed by atoms with E-state index in [4.69, 9.17) is 14.5 Å². The van der Waals surface area contributed by atoms with Gasteiger partial charge in [0.25, 0.3) is 5.91 Å². The number of pyridine rings is 1. The van der Waals surface area contributed by atoms with Crippen LogP contribution in [-0.4, -0.2) is 47.6 Å². The number of amides is 1. The Bertz CT molecular complexity index is 1000. The van der Waals surface area contributed by atoms with Crippen molar-refractivity contribution < 1.29 is 14.3 Å². The molecule has 6 nitrogen and oxygen atoms in total. The highest BCUT2D eigenvalue weighted by Gasteiger charge is 2.28. The zero-order valence-electron chi connectivity index (χ0n) is 16.5. The van der Waals surface area contributed by atoms with Gasteiger partial charge < -0.3 is 14.4 Å². The number of ether oxygens (including phenoxy) is 2. The predicted octanol–water partition coefficient (Wildman–Crippen LogP) is 3.66. The van der Waals surface area contributed by atoms with Gasteiger partial charge >= 0.3 is 0 Å². The van der Waals surface area contributed by atoms with Gasteiger partial charge in [-0.05, 0) is 36.8 Å². The molecule has 1 aliphatic heterocycles. The molecule has 150 valence electrons. The summed E-state index contributed by atoms with van der Waals surface area (Å²) < 4.78 is 11.2. The monoisotopic (exact) mass is 409 g/mol. The van der Waals surface area contributed by atoms with Crippen LogP contribution in [0.3, 0.4) is 0 Å². The number of carbonyl (C=O) groups excluding carboxylic acids is 1. The van der Waals surface area contributed by atoms with Crippen LogP contribution in [0.1, 0.15) is 38.4 Å². The quantitative estimate of drug-likeness (QED) is 0.643. The number of hydrogen-bond donors (Lipinski definition) is 0. The zero-order valence-corrected chi connectivity index (χ0v) is 17.3. The summed E-state index contributed by atoms with van der Waals surface area (Å²) in [5.74, 6) is 0.854. The average molecular weight is 410 g/mol. The second kappa shape index (κ2) is 8.71. The number of aromatic nitrogens is 2. The summed E-state index contributed by atoms with van der Waals surface area (Å²) in [7, 11) is 1.67. The third-order valence-electron chi connectivity index (χ3n) is 4.97. The van der Waals surface area contributed by atoms with E-state index < -0.39 is 0 Å². The van der Waals surface area contributed by atoms with Crippen LogP contribution in [0.15, 0.2) is 48.0 Å². The minimum atomic E-state index is -0.230. The number of hydrogen-bond acceptors (Lipinski definition) is 6. The molecule has 0 saturated carbocycles. The smallest absolute Gasteiger partial charge is 0.266 e. The van der Waals surface area contributed by atoms with Gasteiger partial charge in [-0.3, -0.25) is 9.78 Å². The van der Waals surface area contributed by atoms with Gasteiger partial charge in [0.15, 0.2) is 0 Å². The first kappa shape index (κ1) is 19.5. The van der Waals surface area contributed by atoms with E-state index in [9.17, 15) is 4.79 Å². The minimum absolute atomic E-state index is 0.0193. The fraction of sp³-hybridized carbons (Fsp3) is 0.318. The number of benzene rings is 1. The van der Waals surface area contributed by atoms with Crippen molar-refractivity contribution in [3.05, 3.63) is 75.5 Å². The molecule has 1 fully saturated rings. The topological polar surface area (TPSA) is 64.5 Å². The van der Waals surface area contributed by atoms with Gasteiger partial charge in [0.1, 0.15) is 16.7 Å². The Hall–Kier alpha value is -2.77. The Kier molecular flexibility index (Phi) is 5.87. The lowest BCUT2D eigenvalue weighted by molar-refractivity contribution is -0.0246. The Morgan fingerprint density at radius 1 is 1.31 bits per heavy atom. The molecule has 4 rings (SSSR count). The maximum Gasteiger partial charge on any atom is 0.266 e. The van der Waals surface area contributed by atoms with Crippen molar-refractivity contribution in [2.75, 3.05) is 26.8 Å². The van der Waals surface area contributed by atoms with Gasteiger partial charge in [0.05, 0.1) is 37.2 Å². The standard InChI is InChI=1S/C22H23N3O3S/c1-15-21(29-14-23-15)22(26)25-9-10-28-20(13-25)19-8-4-6-17(24-19)11-16-5-3-7-18(12-16)27-2/h3-8,12,14,20H,9-11,13H2,1-2H3/t20-/m1/s1. The van der Waals surface area contributed by atoms with Gasteiger partial charge in [-0.15, -0.1) is 11.3 Å². The highest BCUT2D eigenvalue weighted by molar-refractivity contribution is 7.11. The summed E-state index contributed by atoms with van der Waals surface area (Å²) in [6, 6.07) is 14.0. The third kappa shape index (κ3) is 4.46. The molecule has 29 heavy (non-hydrogen) atoms. The van der Waals surface area contributed by atoms with E-state index in [0.717, 1.165) is 28.4 Å². The Morgan fingerprint density at radius 3 is 2.97 bits per heavy atom. The molecule has 0 spiro atoms. The van der Waals surface area contributed by atoms with Gasteiger partial charge in [0.2, 0.25) is 0 Å². The van der Waals surface area contributed by atoms with Crippen LogP contribution in [0.5, 0.6) is 5.75 Å². The molecule has 0 unspecified atom stereocenters. The minimum Gasteiger partial charge on any atom is -0.497 e. The first-order valence-corrected chi connectivity index (χ1v) is 10.4. The Morgan fingerprint density at radius 2 is 2.17 bits per heavy atom. The average Bonchev–Trinajstić information content (AvgIpc) is 3.19. The SMILES string of the molecule is COc1cccc(Cc2cccc([C@H]3CN(C(=O)c4scnc4C)CCO3)n2)c1. The predicted molar refractivity (Wildman–Crippen MR) is 111 cm³/mol. The second-order valence-electron chi connectivity index (χ2n) is 6.96. The molecule has 3 heterocycles. The maximum absolute atomic E-state index is 12.8. The fourth-order valence-electron chi connectivity index (χ4n) is 3.43. The molecular weight excluding hydrogens is 386 g/mol. The molecule has 0 aliphatic carbocycles. The summed E-state index contributed by atoms with van der Waals surface area (Å²) in [6.45, 7) is 3.43. The van der Waals surface area contributed by atoms with E-state index in [1.165, 1.54) is 11.3 Å². The largest absolute Gasteiger partial charge is 0.497 e. The first-order valence-electron chi connectivity index (χ1n) is 9.54. The number of aryl methyl sites for hydroxylation is 1. The fourth-order valence-corrected chi connectivity index (χ4v) is 4.20. The molecular formula is C22H23N3O3S. The van der Waals surface area contributed by atoms with Crippen molar-refractivity contribution >= 4 is 17.2 Å². The molecule has 2 aromatic heterocycles. The third-order valence-corrected chi connectivity index (χ3v) is 5.89. The van der Waals surface area contributed by atoms with Crippen LogP contribution in [0.2, 0.25) is 0 Å². The van der Waals surface area contributed by atoms with Crippen LogP contribution >= 0.6 is 11.3 Å². The number of methoxy groups -OCH3 is 1. The van der Waals surface area contributed by atoms with E-state index in [0.29, 0.717) is 31.0 Å². The van der Waals surface area contributed by atoms with Crippen LogP contribution in [-0.2, 0) is 11.2 Å². The van der Waals surface area contributed by atoms with E-state index in [1.54, 1.807) is 12.6 Å². The molecule has 3 aromatic rings. The van der Waals surface area contributed by atoms with Crippen LogP contribution in [0.25, 0.3) is 0 Å². The van der Waals surface area contributed by atoms with Crippen molar-refractivity contribution in [1.29, 1.82) is 0 Å². The lowest BCUT2D eigenvalue weighted by atomic mass is 10.1. The molecule has 1 aromatic carbocycles. The van der Waals surface area contributed by atoms with Gasteiger partial charge in [-0.1, -0.05) is 18.2 Å². The molecule has 0 bridgehead atoms. The van der Waals surface area contributed by atoms with Crippen molar-refractivity contribution in [2.24, 2.45) is 0 Å². The van der Waals surface area contributed by atoms with E-state index in [-0.39, 0.29) is 12.0 Å². The van der Waals surface area contributed by atoms with Crippen molar-refractivity contribution in [3.63, 3.8) is 0 Å². The molecule has 1 aliphatic rings. The lowest BCUT2D eigenvalue weighted by Crippen LogP contribution is -2.42. The van der Waals surface area contributed by atoms with Crippen LogP contribution in [0, 0.1) is 6.92 Å². The number of morpholine rings is 1. The van der Waals surface area contributed by atoms with Crippen molar-refractivity contribution in [3.8, 4) is 5.75 Å². The normalized spacial score (nSPS) is 16.6. The second-order valence-corrected chi connectivity index (χ2v) is 7.81. The number of thiazole rings is 1. The van der Waals surface area contributed by atoms with Gasteiger partial charge in [0, 0.05) is 18.7 Å². The van der Waals surface area contributed by atoms with E-state index >= 15 is 0 Å². The molecule has 1 amide bonds. The Labute approximate surface area is 174 Å². The maximum atomic E-state index is 12.8. The Balaban J connectivity index is 1.48. The summed E-state index contributed by atoms with van der Waals surface area (Å²) in [4.78, 5) is 24.4. The summed E-state index contributed by atoms with van der Waals surface area (Å²) >= 11 is 1.39. The van der Waals surface area contributed by atoms with Gasteiger partial charge in [-0.2, -0.15) is 0 Å². The van der Waals surface area contributed by atoms with E-state index in [1.807, 2.05) is 48.2 Å². The van der Waals surface area contributed by atoms with Crippen molar-refractivity contribution in [1.82, 2.24) is 14.9 Å². The first-order chi connectivity index (χ1) is 14.1. The zero-order chi connectivity index (χ0) is 20.2. The number of rotatable bonds is 5. The van der Waals surface area contributed by atoms with E-state index in [2.05, 4.69) is 11.1 Å². The summed E-state index contributed by atoms with van der Waals surface area (Å²) in [6.07, 6.45) is 0.478. The highest BCUT2D eigenvalue weighted by atomic mass is 32.1. The molecule has 0 N–H and O–H groups in total. The summed E-state index contributed by atoms with van der Waals surface area (Å²) in [5, 5.41) is 0. The molecule has 0 radical (unpaired) electrons.